The lowest BCUT2D eigenvalue weighted by Crippen LogP contribution is -2.20. The lowest BCUT2D eigenvalue weighted by Gasteiger charge is -2.05. The molecule has 0 bridgehead atoms. The predicted octanol–water partition coefficient (Wildman–Crippen LogP) is 0.778. The summed E-state index contributed by atoms with van der Waals surface area (Å²) in [6.45, 7) is 1.90. The predicted molar refractivity (Wildman–Crippen MR) is 63.7 cm³/mol. The van der Waals surface area contributed by atoms with E-state index in [-0.39, 0.29) is 4.90 Å². The topological polar surface area (TPSA) is 61.8 Å². The molecular formula is C10H15N3O2S. The minimum atomic E-state index is -3.55. The summed E-state index contributed by atoms with van der Waals surface area (Å²) < 4.78 is 23.4. The van der Waals surface area contributed by atoms with Gasteiger partial charge in [0.1, 0.15) is 6.34 Å². The van der Waals surface area contributed by atoms with Gasteiger partial charge in [-0.15, -0.1) is 0 Å². The average molecular weight is 241 g/mol. The van der Waals surface area contributed by atoms with Gasteiger partial charge in [0.25, 0.3) is 10.0 Å². The zero-order valence-corrected chi connectivity index (χ0v) is 10.3. The molecule has 1 N–H and O–H groups in total. The van der Waals surface area contributed by atoms with Gasteiger partial charge < -0.3 is 4.90 Å². The third-order valence-corrected chi connectivity index (χ3v) is 3.03. The third kappa shape index (κ3) is 3.54. The monoisotopic (exact) mass is 241 g/mol. The van der Waals surface area contributed by atoms with E-state index in [2.05, 4.69) is 9.93 Å². The molecule has 0 saturated carbocycles. The average Bonchev–Trinajstić information content (AvgIpc) is 2.17. The summed E-state index contributed by atoms with van der Waals surface area (Å²) in [5, 5.41) is 3.60. The van der Waals surface area contributed by atoms with E-state index in [1.54, 1.807) is 43.3 Å². The van der Waals surface area contributed by atoms with Crippen LogP contribution in [0.1, 0.15) is 5.56 Å². The van der Waals surface area contributed by atoms with Gasteiger partial charge in [-0.05, 0) is 19.1 Å². The molecule has 0 unspecified atom stereocenters. The van der Waals surface area contributed by atoms with Crippen molar-refractivity contribution in [2.24, 2.45) is 5.10 Å². The van der Waals surface area contributed by atoms with Gasteiger partial charge in [-0.2, -0.15) is 18.4 Å². The number of hydrogen-bond acceptors (Lipinski definition) is 3. The normalized spacial score (nSPS) is 11.7. The highest BCUT2D eigenvalue weighted by molar-refractivity contribution is 7.89. The fourth-order valence-electron chi connectivity index (χ4n) is 0.979. The Bertz CT molecular complexity index is 463. The number of hydrogen-bond donors (Lipinski definition) is 1. The van der Waals surface area contributed by atoms with Crippen molar-refractivity contribution in [3.63, 3.8) is 0 Å². The zero-order chi connectivity index (χ0) is 12.2. The largest absolute Gasteiger partial charge is 0.367 e. The van der Waals surface area contributed by atoms with Gasteiger partial charge in [0, 0.05) is 14.1 Å². The Morgan fingerprint density at radius 1 is 1.25 bits per heavy atom. The second-order valence-corrected chi connectivity index (χ2v) is 5.28. The Kier molecular flexibility index (Phi) is 3.89. The number of nitrogens with zero attached hydrogens (tertiary/aromatic N) is 2. The lowest BCUT2D eigenvalue weighted by molar-refractivity contribution is 0.581. The van der Waals surface area contributed by atoms with Crippen LogP contribution in [-0.4, -0.2) is 33.8 Å². The van der Waals surface area contributed by atoms with Crippen LogP contribution < -0.4 is 4.83 Å². The van der Waals surface area contributed by atoms with Crippen LogP contribution in [0, 0.1) is 6.92 Å². The fourth-order valence-corrected chi connectivity index (χ4v) is 1.76. The number of sulfonamides is 1. The summed E-state index contributed by atoms with van der Waals surface area (Å²) in [6.07, 6.45) is 1.38. The first-order chi connectivity index (χ1) is 7.42. The minimum absolute atomic E-state index is 0.203. The van der Waals surface area contributed by atoms with Crippen molar-refractivity contribution in [1.29, 1.82) is 0 Å². The van der Waals surface area contributed by atoms with Gasteiger partial charge in [-0.1, -0.05) is 17.7 Å². The standard InChI is InChI=1S/C10H15N3O2S/c1-9-4-6-10(7-5-9)16(14,15)12-11-8-13(2)3/h4-8,12H,1-3H3. The molecule has 1 aromatic rings. The maximum Gasteiger partial charge on any atom is 0.276 e. The highest BCUT2D eigenvalue weighted by Crippen LogP contribution is 2.09. The maximum atomic E-state index is 11.7. The van der Waals surface area contributed by atoms with Crippen molar-refractivity contribution in [3.8, 4) is 0 Å². The second-order valence-electron chi connectivity index (χ2n) is 3.62. The number of nitrogens with one attached hydrogen (secondary N) is 1. The molecule has 0 atom stereocenters. The SMILES string of the molecule is Cc1ccc(S(=O)(=O)NN=CN(C)C)cc1. The van der Waals surface area contributed by atoms with Crippen LogP contribution in [0.2, 0.25) is 0 Å². The second kappa shape index (κ2) is 4.98. The van der Waals surface area contributed by atoms with Gasteiger partial charge in [0.05, 0.1) is 4.90 Å². The molecule has 1 aromatic carbocycles. The van der Waals surface area contributed by atoms with E-state index in [1.807, 2.05) is 6.92 Å². The Balaban J connectivity index is 2.82. The van der Waals surface area contributed by atoms with E-state index in [4.69, 9.17) is 0 Å². The Labute approximate surface area is 95.8 Å². The Morgan fingerprint density at radius 2 is 1.81 bits per heavy atom. The van der Waals surface area contributed by atoms with Crippen molar-refractivity contribution in [3.05, 3.63) is 29.8 Å². The molecule has 0 spiro atoms. The Hall–Kier alpha value is -1.56. The van der Waals surface area contributed by atoms with Crippen LogP contribution >= 0.6 is 0 Å². The van der Waals surface area contributed by atoms with E-state index < -0.39 is 10.0 Å². The molecular weight excluding hydrogens is 226 g/mol. The molecule has 0 fully saturated rings. The molecule has 0 radical (unpaired) electrons. The molecule has 0 aliphatic rings. The first kappa shape index (κ1) is 12.5. The van der Waals surface area contributed by atoms with E-state index in [1.165, 1.54) is 6.34 Å². The highest BCUT2D eigenvalue weighted by Gasteiger charge is 2.11. The number of benzene rings is 1. The van der Waals surface area contributed by atoms with E-state index >= 15 is 0 Å². The van der Waals surface area contributed by atoms with Gasteiger partial charge >= 0.3 is 0 Å². The molecule has 0 aromatic heterocycles. The van der Waals surface area contributed by atoms with Crippen LogP contribution in [0.4, 0.5) is 0 Å². The molecule has 0 amide bonds. The van der Waals surface area contributed by atoms with Gasteiger partial charge in [-0.3, -0.25) is 0 Å². The number of hydrazone groups is 1. The van der Waals surface area contributed by atoms with E-state index in [9.17, 15) is 8.42 Å². The van der Waals surface area contributed by atoms with Crippen LogP contribution in [-0.2, 0) is 10.0 Å². The van der Waals surface area contributed by atoms with Crippen LogP contribution in [0.3, 0.4) is 0 Å². The Morgan fingerprint density at radius 3 is 2.31 bits per heavy atom. The maximum absolute atomic E-state index is 11.7. The number of rotatable bonds is 4. The van der Waals surface area contributed by atoms with Crippen molar-refractivity contribution in [1.82, 2.24) is 9.73 Å². The summed E-state index contributed by atoms with van der Waals surface area (Å²) in [5.41, 5.74) is 1.01. The summed E-state index contributed by atoms with van der Waals surface area (Å²) in [5.74, 6) is 0. The first-order valence-electron chi connectivity index (χ1n) is 4.70. The van der Waals surface area contributed by atoms with E-state index in [0.29, 0.717) is 0 Å². The zero-order valence-electron chi connectivity index (χ0n) is 9.51. The highest BCUT2D eigenvalue weighted by atomic mass is 32.2. The van der Waals surface area contributed by atoms with Crippen molar-refractivity contribution in [2.45, 2.75) is 11.8 Å². The van der Waals surface area contributed by atoms with Crippen molar-refractivity contribution >= 4 is 16.4 Å². The van der Waals surface area contributed by atoms with Gasteiger partial charge in [-0.25, -0.2) is 0 Å². The number of aryl methyl sites for hydroxylation is 1. The van der Waals surface area contributed by atoms with Crippen LogP contribution in [0.15, 0.2) is 34.3 Å². The summed E-state index contributed by atoms with van der Waals surface area (Å²) >= 11 is 0. The molecule has 1 rings (SSSR count). The fraction of sp³-hybridized carbons (Fsp3) is 0.300. The van der Waals surface area contributed by atoms with Crippen molar-refractivity contribution < 1.29 is 8.42 Å². The molecule has 5 nitrogen and oxygen atoms in total. The minimum Gasteiger partial charge on any atom is -0.367 e. The molecule has 6 heteroatoms. The summed E-state index contributed by atoms with van der Waals surface area (Å²) in [4.78, 5) is 3.97. The van der Waals surface area contributed by atoms with Crippen LogP contribution in [0.5, 0.6) is 0 Å². The molecule has 0 aliphatic heterocycles. The summed E-state index contributed by atoms with van der Waals surface area (Å²) in [7, 11) is -0.0400. The van der Waals surface area contributed by atoms with Crippen LogP contribution in [0.25, 0.3) is 0 Å². The molecule has 16 heavy (non-hydrogen) atoms. The lowest BCUT2D eigenvalue weighted by atomic mass is 10.2. The molecule has 0 heterocycles. The van der Waals surface area contributed by atoms with Gasteiger partial charge in [0.15, 0.2) is 0 Å². The molecule has 88 valence electrons. The van der Waals surface area contributed by atoms with Gasteiger partial charge in [0.2, 0.25) is 0 Å². The molecule has 0 saturated heterocycles. The van der Waals surface area contributed by atoms with E-state index in [0.717, 1.165) is 5.56 Å². The first-order valence-corrected chi connectivity index (χ1v) is 6.18. The molecule has 0 aliphatic carbocycles. The smallest absolute Gasteiger partial charge is 0.276 e. The quantitative estimate of drug-likeness (QED) is 0.481. The third-order valence-electron chi connectivity index (χ3n) is 1.79. The van der Waals surface area contributed by atoms with Crippen molar-refractivity contribution in [2.75, 3.05) is 14.1 Å². The summed E-state index contributed by atoms with van der Waals surface area (Å²) in [6, 6.07) is 6.57.